The Hall–Kier alpha value is -1.23. The molecule has 0 spiro atoms. The molecule has 0 bridgehead atoms. The van der Waals surface area contributed by atoms with Gasteiger partial charge < -0.3 is 14.4 Å². The molecule has 0 aromatic carbocycles. The Morgan fingerprint density at radius 2 is 1.68 bits per heavy atom. The number of aromatic nitrogens is 2. The highest BCUT2D eigenvalue weighted by Gasteiger charge is 2.19. The molecule has 0 saturated heterocycles. The van der Waals surface area contributed by atoms with Gasteiger partial charge >= 0.3 is 0 Å². The van der Waals surface area contributed by atoms with Crippen molar-refractivity contribution in [3.63, 3.8) is 0 Å². The molecule has 0 radical (unpaired) electrons. The summed E-state index contributed by atoms with van der Waals surface area (Å²) in [5.74, 6) is 2.12. The summed E-state index contributed by atoms with van der Waals surface area (Å²) in [6, 6.07) is 2.02. The highest BCUT2D eigenvalue weighted by molar-refractivity contribution is 6.18. The lowest BCUT2D eigenvalue weighted by Gasteiger charge is -2.30. The van der Waals surface area contributed by atoms with Gasteiger partial charge in [-0.3, -0.25) is 0 Å². The van der Waals surface area contributed by atoms with Crippen molar-refractivity contribution in [2.45, 2.75) is 32.7 Å². The van der Waals surface area contributed by atoms with Gasteiger partial charge in [0.15, 0.2) is 0 Å². The molecule has 0 fully saturated rings. The Morgan fingerprint density at radius 3 is 2.05 bits per heavy atom. The van der Waals surface area contributed by atoms with E-state index in [0.29, 0.717) is 36.2 Å². The molecule has 0 atom stereocenters. The van der Waals surface area contributed by atoms with Crippen LogP contribution in [0.25, 0.3) is 0 Å². The van der Waals surface area contributed by atoms with Crippen LogP contribution in [-0.2, 0) is 0 Å². The molecular weight excluding hydrogens is 266 g/mol. The van der Waals surface area contributed by atoms with E-state index in [2.05, 4.69) is 28.7 Å². The van der Waals surface area contributed by atoms with Gasteiger partial charge in [0.05, 0.1) is 20.3 Å². The lowest BCUT2D eigenvalue weighted by atomic mass is 10.1. The lowest BCUT2D eigenvalue weighted by Crippen LogP contribution is -2.37. The Bertz CT molecular complexity index is 364. The fraction of sp³-hybridized carbons (Fsp3) is 0.692. The zero-order valence-corrected chi connectivity index (χ0v) is 12.8. The monoisotopic (exact) mass is 287 g/mol. The minimum atomic E-state index is 0.357. The molecule has 0 aliphatic carbocycles. The summed E-state index contributed by atoms with van der Waals surface area (Å²) in [4.78, 5) is 10.9. The minimum Gasteiger partial charge on any atom is -0.481 e. The molecule has 6 heteroatoms. The molecule has 0 aliphatic rings. The number of ether oxygens (including phenoxy) is 2. The fourth-order valence-electron chi connectivity index (χ4n) is 2.00. The van der Waals surface area contributed by atoms with Crippen LogP contribution >= 0.6 is 11.6 Å². The van der Waals surface area contributed by atoms with Gasteiger partial charge in [0.25, 0.3) is 0 Å². The molecule has 1 aromatic rings. The van der Waals surface area contributed by atoms with E-state index in [9.17, 15) is 0 Å². The van der Waals surface area contributed by atoms with Gasteiger partial charge in [-0.15, -0.1) is 11.6 Å². The zero-order valence-electron chi connectivity index (χ0n) is 12.0. The highest BCUT2D eigenvalue weighted by Crippen LogP contribution is 2.23. The molecule has 1 rings (SSSR count). The molecule has 19 heavy (non-hydrogen) atoms. The molecule has 5 nitrogen and oxygen atoms in total. The SMILES string of the molecule is CCC(CC)N(CCCl)c1nc(OC)cc(OC)n1. The van der Waals surface area contributed by atoms with Crippen LogP contribution in [0.3, 0.4) is 0 Å². The lowest BCUT2D eigenvalue weighted by molar-refractivity contribution is 0.370. The quantitative estimate of drug-likeness (QED) is 0.688. The van der Waals surface area contributed by atoms with Crippen LogP contribution in [0.4, 0.5) is 5.95 Å². The summed E-state index contributed by atoms with van der Waals surface area (Å²) >= 11 is 5.89. The first-order valence-corrected chi connectivity index (χ1v) is 7.03. The van der Waals surface area contributed by atoms with Gasteiger partial charge in [-0.1, -0.05) is 13.8 Å². The molecule has 108 valence electrons. The smallest absolute Gasteiger partial charge is 0.232 e. The number of nitrogens with zero attached hydrogens (tertiary/aromatic N) is 3. The van der Waals surface area contributed by atoms with Crippen molar-refractivity contribution in [3.05, 3.63) is 6.07 Å². The van der Waals surface area contributed by atoms with Crippen molar-refractivity contribution >= 4 is 17.5 Å². The molecule has 0 amide bonds. The van der Waals surface area contributed by atoms with Gasteiger partial charge in [0.1, 0.15) is 0 Å². The summed E-state index contributed by atoms with van der Waals surface area (Å²) in [5, 5.41) is 0. The number of anilines is 1. The normalized spacial score (nSPS) is 10.6. The summed E-state index contributed by atoms with van der Waals surface area (Å²) in [6.07, 6.45) is 2.02. The third kappa shape index (κ3) is 4.13. The molecule has 0 saturated carbocycles. The largest absolute Gasteiger partial charge is 0.481 e. The standard InChI is InChI=1S/C13H22ClN3O2/c1-5-10(6-2)17(8-7-14)13-15-11(18-3)9-12(16-13)19-4/h9-10H,5-8H2,1-4H3. The number of methoxy groups -OCH3 is 2. The van der Waals surface area contributed by atoms with Gasteiger partial charge in [0, 0.05) is 18.5 Å². The van der Waals surface area contributed by atoms with Gasteiger partial charge in [-0.2, -0.15) is 9.97 Å². The second-order valence-corrected chi connectivity index (χ2v) is 4.48. The summed E-state index contributed by atoms with van der Waals surface area (Å²) in [6.45, 7) is 4.99. The Labute approximate surface area is 119 Å². The maximum atomic E-state index is 5.89. The number of rotatable bonds is 8. The second kappa shape index (κ2) is 8.04. The van der Waals surface area contributed by atoms with Crippen molar-refractivity contribution in [3.8, 4) is 11.8 Å². The predicted molar refractivity (Wildman–Crippen MR) is 77.6 cm³/mol. The minimum absolute atomic E-state index is 0.357. The van der Waals surface area contributed by atoms with Crippen LogP contribution in [0.5, 0.6) is 11.8 Å². The average molecular weight is 288 g/mol. The van der Waals surface area contributed by atoms with Crippen molar-refractivity contribution in [2.24, 2.45) is 0 Å². The van der Waals surface area contributed by atoms with E-state index in [0.717, 1.165) is 12.8 Å². The predicted octanol–water partition coefficient (Wildman–Crippen LogP) is 2.73. The van der Waals surface area contributed by atoms with Crippen molar-refractivity contribution in [1.82, 2.24) is 9.97 Å². The Balaban J connectivity index is 3.12. The van der Waals surface area contributed by atoms with Crippen LogP contribution in [0.2, 0.25) is 0 Å². The van der Waals surface area contributed by atoms with Crippen LogP contribution in [0, 0.1) is 0 Å². The Kier molecular flexibility index (Phi) is 6.70. The first-order chi connectivity index (χ1) is 9.19. The van der Waals surface area contributed by atoms with Crippen molar-refractivity contribution in [1.29, 1.82) is 0 Å². The van der Waals surface area contributed by atoms with E-state index >= 15 is 0 Å². The topological polar surface area (TPSA) is 47.5 Å². The van der Waals surface area contributed by atoms with Crippen LogP contribution in [0.15, 0.2) is 6.07 Å². The molecule has 0 aliphatic heterocycles. The Morgan fingerprint density at radius 1 is 1.16 bits per heavy atom. The first-order valence-electron chi connectivity index (χ1n) is 6.49. The molecule has 1 heterocycles. The maximum absolute atomic E-state index is 5.89. The van der Waals surface area contributed by atoms with E-state index in [-0.39, 0.29) is 0 Å². The maximum Gasteiger partial charge on any atom is 0.232 e. The first kappa shape index (κ1) is 15.8. The van der Waals surface area contributed by atoms with Gasteiger partial charge in [0.2, 0.25) is 17.7 Å². The van der Waals surface area contributed by atoms with E-state index in [1.165, 1.54) is 0 Å². The average Bonchev–Trinajstić information content (AvgIpc) is 2.46. The van der Waals surface area contributed by atoms with Gasteiger partial charge in [-0.05, 0) is 12.8 Å². The van der Waals surface area contributed by atoms with E-state index in [1.54, 1.807) is 20.3 Å². The third-order valence-electron chi connectivity index (χ3n) is 3.05. The molecule has 1 aromatic heterocycles. The molecule has 0 unspecified atom stereocenters. The zero-order chi connectivity index (χ0) is 14.3. The molecule has 0 N–H and O–H groups in total. The second-order valence-electron chi connectivity index (χ2n) is 4.11. The fourth-order valence-corrected chi connectivity index (χ4v) is 2.18. The van der Waals surface area contributed by atoms with Gasteiger partial charge in [-0.25, -0.2) is 0 Å². The van der Waals surface area contributed by atoms with Crippen LogP contribution in [0.1, 0.15) is 26.7 Å². The summed E-state index contributed by atoms with van der Waals surface area (Å²) in [5.41, 5.74) is 0. The summed E-state index contributed by atoms with van der Waals surface area (Å²) < 4.78 is 10.4. The van der Waals surface area contributed by atoms with Crippen LogP contribution in [-0.4, -0.2) is 42.7 Å². The number of alkyl halides is 1. The van der Waals surface area contributed by atoms with E-state index in [1.807, 2.05) is 0 Å². The highest BCUT2D eigenvalue weighted by atomic mass is 35.5. The molecular formula is C13H22ClN3O2. The number of halogens is 1. The van der Waals surface area contributed by atoms with Crippen LogP contribution < -0.4 is 14.4 Å². The number of hydrogen-bond acceptors (Lipinski definition) is 5. The van der Waals surface area contributed by atoms with E-state index < -0.39 is 0 Å². The third-order valence-corrected chi connectivity index (χ3v) is 3.22. The van der Waals surface area contributed by atoms with E-state index in [4.69, 9.17) is 21.1 Å². The van der Waals surface area contributed by atoms with Crippen molar-refractivity contribution in [2.75, 3.05) is 31.5 Å². The van der Waals surface area contributed by atoms with Crippen molar-refractivity contribution < 1.29 is 9.47 Å². The number of hydrogen-bond donors (Lipinski definition) is 0. The summed E-state index contributed by atoms with van der Waals surface area (Å²) in [7, 11) is 3.16.